The highest BCUT2D eigenvalue weighted by atomic mass is 19.1. The molecule has 0 saturated carbocycles. The number of anilines is 2. The maximum Gasteiger partial charge on any atom is 0.267 e. The van der Waals surface area contributed by atoms with Crippen molar-refractivity contribution < 1.29 is 23.4 Å². The number of aryl methyl sites for hydroxylation is 1. The number of aliphatic hydroxyl groups excluding tert-OH is 1. The monoisotopic (exact) mass is 546 g/mol. The van der Waals surface area contributed by atoms with Gasteiger partial charge in [-0.25, -0.2) is 13.8 Å². The zero-order valence-electron chi connectivity index (χ0n) is 21.4. The van der Waals surface area contributed by atoms with Crippen molar-refractivity contribution in [3.63, 3.8) is 0 Å². The Hall–Kier alpha value is -5.10. The van der Waals surface area contributed by atoms with Gasteiger partial charge in [-0.15, -0.1) is 0 Å². The lowest BCUT2D eigenvalue weighted by molar-refractivity contribution is 0.102. The van der Waals surface area contributed by atoms with Gasteiger partial charge in [0.05, 0.1) is 6.61 Å². The molecule has 204 valence electrons. The van der Waals surface area contributed by atoms with E-state index in [0.29, 0.717) is 28.1 Å². The summed E-state index contributed by atoms with van der Waals surface area (Å²) in [5.41, 5.74) is 0.737. The molecule has 0 unspecified atom stereocenters. The molecule has 5 aromatic rings. The Bertz CT molecular complexity index is 1770. The Morgan fingerprint density at radius 1 is 1.12 bits per heavy atom. The average Bonchev–Trinajstić information content (AvgIpc) is 3.35. The number of H-pyrrole nitrogens is 1. The van der Waals surface area contributed by atoms with Crippen LogP contribution in [0.4, 0.5) is 20.3 Å². The minimum absolute atomic E-state index is 0.103. The number of ether oxygens (including phenoxy) is 1. The number of fused-ring (bicyclic) bond motifs is 1. The smallest absolute Gasteiger partial charge is 0.267 e. The van der Waals surface area contributed by atoms with Crippen molar-refractivity contribution in [2.75, 3.05) is 17.2 Å². The number of carbonyl (C=O) groups is 1. The van der Waals surface area contributed by atoms with Crippen molar-refractivity contribution in [2.24, 2.45) is 0 Å². The number of nitrogens with zero attached hydrogens (tertiary/aromatic N) is 3. The topological polar surface area (TPSA) is 134 Å². The zero-order valence-corrected chi connectivity index (χ0v) is 21.4. The third-order valence-electron chi connectivity index (χ3n) is 5.99. The van der Waals surface area contributed by atoms with Crippen LogP contribution < -0.4 is 20.9 Å². The summed E-state index contributed by atoms with van der Waals surface area (Å²) in [6.07, 6.45) is 3.02. The predicted molar refractivity (Wildman–Crippen MR) is 145 cm³/mol. The summed E-state index contributed by atoms with van der Waals surface area (Å²) in [6, 6.07) is 11.8. The second-order valence-corrected chi connectivity index (χ2v) is 9.12. The minimum Gasteiger partial charge on any atom is -0.453 e. The number of aromatic nitrogens is 4. The number of aliphatic hydroxyl groups is 1. The van der Waals surface area contributed by atoms with E-state index in [0.717, 1.165) is 6.07 Å². The van der Waals surface area contributed by atoms with Crippen molar-refractivity contribution in [3.8, 4) is 17.2 Å². The van der Waals surface area contributed by atoms with E-state index in [1.165, 1.54) is 53.2 Å². The summed E-state index contributed by atoms with van der Waals surface area (Å²) in [7, 11) is 0. The molecule has 1 atom stereocenters. The largest absolute Gasteiger partial charge is 0.453 e. The first-order valence-corrected chi connectivity index (χ1v) is 12.2. The highest BCUT2D eigenvalue weighted by molar-refractivity contribution is 6.04. The number of hydrogen-bond donors (Lipinski definition) is 4. The molecule has 0 aliphatic rings. The van der Waals surface area contributed by atoms with Crippen LogP contribution in [0.15, 0.2) is 71.8 Å². The molecule has 3 heterocycles. The highest BCUT2D eigenvalue weighted by Gasteiger charge is 2.18. The molecule has 40 heavy (non-hydrogen) atoms. The van der Waals surface area contributed by atoms with Crippen LogP contribution in [-0.4, -0.2) is 43.4 Å². The fourth-order valence-electron chi connectivity index (χ4n) is 4.04. The van der Waals surface area contributed by atoms with E-state index < -0.39 is 23.1 Å². The molecule has 2 aromatic carbocycles. The third kappa shape index (κ3) is 5.38. The van der Waals surface area contributed by atoms with Gasteiger partial charge in [0, 0.05) is 41.9 Å². The maximum atomic E-state index is 15.1. The first-order valence-electron chi connectivity index (χ1n) is 12.2. The maximum absolute atomic E-state index is 15.1. The van der Waals surface area contributed by atoms with Crippen LogP contribution >= 0.6 is 0 Å². The SMILES string of the molecule is Cc1cc(C(=O)Nc2ccc(Oc3ccnc4[nH]nc(N[C@@H](C)CO)c34)c(F)c2)c(=O)n(-c2ccc(F)cc2)c1. The number of carbonyl (C=O) groups excluding carboxylic acids is 1. The number of halogens is 2. The number of amides is 1. The molecule has 1 amide bonds. The van der Waals surface area contributed by atoms with Crippen LogP contribution in [0, 0.1) is 18.6 Å². The number of aromatic amines is 1. The van der Waals surface area contributed by atoms with Crippen LogP contribution in [0.2, 0.25) is 0 Å². The number of rotatable bonds is 8. The van der Waals surface area contributed by atoms with Crippen LogP contribution in [0.1, 0.15) is 22.8 Å². The van der Waals surface area contributed by atoms with Crippen molar-refractivity contribution in [2.45, 2.75) is 19.9 Å². The van der Waals surface area contributed by atoms with E-state index in [1.54, 1.807) is 26.1 Å². The fourth-order valence-corrected chi connectivity index (χ4v) is 4.04. The van der Waals surface area contributed by atoms with E-state index >= 15 is 4.39 Å². The Labute approximate surface area is 226 Å². The number of pyridine rings is 2. The molecule has 0 fully saturated rings. The molecular formula is C28H24F2N6O4. The molecule has 0 spiro atoms. The lowest BCUT2D eigenvalue weighted by Gasteiger charge is -2.13. The van der Waals surface area contributed by atoms with Crippen LogP contribution in [0.5, 0.6) is 11.5 Å². The van der Waals surface area contributed by atoms with Crippen molar-refractivity contribution in [1.29, 1.82) is 0 Å². The van der Waals surface area contributed by atoms with Gasteiger partial charge in [0.2, 0.25) is 0 Å². The van der Waals surface area contributed by atoms with Crippen LogP contribution in [-0.2, 0) is 0 Å². The van der Waals surface area contributed by atoms with Crippen LogP contribution in [0.25, 0.3) is 16.7 Å². The summed E-state index contributed by atoms with van der Waals surface area (Å²) in [4.78, 5) is 30.2. The Morgan fingerprint density at radius 2 is 1.90 bits per heavy atom. The van der Waals surface area contributed by atoms with Gasteiger partial charge in [-0.05, 0) is 61.9 Å². The molecule has 0 saturated heterocycles. The number of nitrogens with one attached hydrogen (secondary N) is 3. The quantitative estimate of drug-likeness (QED) is 0.225. The Morgan fingerprint density at radius 3 is 2.62 bits per heavy atom. The molecule has 4 N–H and O–H groups in total. The van der Waals surface area contributed by atoms with Gasteiger partial charge in [0.1, 0.15) is 22.5 Å². The van der Waals surface area contributed by atoms with E-state index in [2.05, 4.69) is 25.8 Å². The first kappa shape index (κ1) is 26.5. The third-order valence-corrected chi connectivity index (χ3v) is 5.99. The fraction of sp³-hybridized carbons (Fsp3) is 0.143. The second-order valence-electron chi connectivity index (χ2n) is 9.12. The molecule has 0 aliphatic heterocycles. The molecular weight excluding hydrogens is 522 g/mol. The minimum atomic E-state index is -0.766. The van der Waals surface area contributed by atoms with Gasteiger partial charge >= 0.3 is 0 Å². The van der Waals surface area contributed by atoms with Gasteiger partial charge in [0.15, 0.2) is 23.0 Å². The predicted octanol–water partition coefficient (Wildman–Crippen LogP) is 4.53. The van der Waals surface area contributed by atoms with Crippen LogP contribution in [0.3, 0.4) is 0 Å². The molecule has 0 radical (unpaired) electrons. The number of hydrogen-bond acceptors (Lipinski definition) is 7. The molecule has 0 aliphatic carbocycles. The van der Waals surface area contributed by atoms with Gasteiger partial charge < -0.3 is 20.5 Å². The molecule has 12 heteroatoms. The average molecular weight is 547 g/mol. The summed E-state index contributed by atoms with van der Waals surface area (Å²) in [5.74, 6) is -1.43. The Balaban J connectivity index is 1.38. The van der Waals surface area contributed by atoms with E-state index in [1.807, 2.05) is 0 Å². The van der Waals surface area contributed by atoms with Crippen molar-refractivity contribution in [1.82, 2.24) is 19.7 Å². The van der Waals surface area contributed by atoms with E-state index in [-0.39, 0.29) is 35.4 Å². The lowest BCUT2D eigenvalue weighted by Crippen LogP contribution is -2.28. The van der Waals surface area contributed by atoms with E-state index in [4.69, 9.17) is 4.74 Å². The highest BCUT2D eigenvalue weighted by Crippen LogP contribution is 2.34. The van der Waals surface area contributed by atoms with Gasteiger partial charge in [-0.3, -0.25) is 19.3 Å². The second kappa shape index (κ2) is 10.9. The standard InChI is InChI=1S/C28H24F2N6O4/c1-15-11-20(28(39)36(13-15)19-6-3-17(29)4-7-19)27(38)33-18-5-8-22(21(30)12-18)40-23-9-10-31-25-24(23)26(35-34-25)32-16(2)14-37/h3-13,16,37H,14H2,1-2H3,(H,33,38)(H2,31,32,34,35)/t16-/m0/s1. The molecule has 0 bridgehead atoms. The summed E-state index contributed by atoms with van der Waals surface area (Å²) >= 11 is 0. The zero-order chi connectivity index (χ0) is 28.4. The van der Waals surface area contributed by atoms with E-state index in [9.17, 15) is 19.1 Å². The first-order chi connectivity index (χ1) is 19.2. The molecule has 5 rings (SSSR count). The van der Waals surface area contributed by atoms with Crippen molar-refractivity contribution in [3.05, 3.63) is 100 Å². The lowest BCUT2D eigenvalue weighted by atomic mass is 10.1. The normalized spacial score (nSPS) is 11.8. The van der Waals surface area contributed by atoms with Crippen molar-refractivity contribution >= 4 is 28.4 Å². The van der Waals surface area contributed by atoms with Gasteiger partial charge in [-0.2, -0.15) is 5.10 Å². The molecule has 3 aromatic heterocycles. The van der Waals surface area contributed by atoms with Gasteiger partial charge in [0.25, 0.3) is 11.5 Å². The number of benzene rings is 2. The summed E-state index contributed by atoms with van der Waals surface area (Å²) in [5, 5.41) is 22.3. The summed E-state index contributed by atoms with van der Waals surface area (Å²) in [6.45, 7) is 3.34. The molecule has 10 nitrogen and oxygen atoms in total. The van der Waals surface area contributed by atoms with Gasteiger partial charge in [-0.1, -0.05) is 0 Å². The Kier molecular flexibility index (Phi) is 7.25. The summed E-state index contributed by atoms with van der Waals surface area (Å²) < 4.78 is 35.5.